The van der Waals surface area contributed by atoms with Crippen LogP contribution in [0.25, 0.3) is 0 Å². The molecule has 24 heavy (non-hydrogen) atoms. The first-order chi connectivity index (χ1) is 11.7. The zero-order valence-electron chi connectivity index (χ0n) is 14.8. The molecule has 0 spiro atoms. The van der Waals surface area contributed by atoms with E-state index >= 15 is 0 Å². The molecule has 1 aromatic carbocycles. The lowest BCUT2D eigenvalue weighted by Gasteiger charge is -2.24. The van der Waals surface area contributed by atoms with Crippen LogP contribution < -0.4 is 5.32 Å². The predicted molar refractivity (Wildman–Crippen MR) is 92.6 cm³/mol. The summed E-state index contributed by atoms with van der Waals surface area (Å²) in [5, 5.41) is 2.94. The van der Waals surface area contributed by atoms with Crippen LogP contribution in [-0.4, -0.2) is 37.9 Å². The molecule has 1 aliphatic heterocycles. The van der Waals surface area contributed by atoms with Crippen molar-refractivity contribution < 1.29 is 19.0 Å². The summed E-state index contributed by atoms with van der Waals surface area (Å²) in [5.74, 6) is -0.1000. The van der Waals surface area contributed by atoms with E-state index < -0.39 is 6.10 Å². The fourth-order valence-corrected chi connectivity index (χ4v) is 2.68. The molecule has 2 rings (SSSR count). The van der Waals surface area contributed by atoms with Gasteiger partial charge in [-0.1, -0.05) is 24.3 Å². The van der Waals surface area contributed by atoms with E-state index in [0.29, 0.717) is 26.4 Å². The summed E-state index contributed by atoms with van der Waals surface area (Å²) in [6.07, 6.45) is 2.95. The lowest BCUT2D eigenvalue weighted by atomic mass is 10.1. The molecular weight excluding hydrogens is 306 g/mol. The average Bonchev–Trinajstić information content (AvgIpc) is 2.63. The molecule has 1 aromatic rings. The molecule has 0 aromatic heterocycles. The molecule has 0 saturated carbocycles. The van der Waals surface area contributed by atoms with Gasteiger partial charge in [-0.05, 0) is 44.2 Å². The second-order valence-corrected chi connectivity index (χ2v) is 6.09. The molecule has 1 heterocycles. The van der Waals surface area contributed by atoms with Gasteiger partial charge in [-0.2, -0.15) is 0 Å². The first kappa shape index (κ1) is 18.9. The van der Waals surface area contributed by atoms with Gasteiger partial charge in [-0.3, -0.25) is 4.79 Å². The number of hydrogen-bond acceptors (Lipinski definition) is 4. The number of carbonyl (C=O) groups is 1. The molecule has 5 nitrogen and oxygen atoms in total. The van der Waals surface area contributed by atoms with E-state index in [1.807, 2.05) is 31.2 Å². The monoisotopic (exact) mass is 335 g/mol. The van der Waals surface area contributed by atoms with Gasteiger partial charge in [0.15, 0.2) is 0 Å². The van der Waals surface area contributed by atoms with Gasteiger partial charge in [0.05, 0.1) is 19.3 Å². The highest BCUT2D eigenvalue weighted by molar-refractivity contribution is 5.80. The van der Waals surface area contributed by atoms with E-state index in [4.69, 9.17) is 14.2 Å². The standard InChI is InChI=1S/C19H29NO4/c1-3-22-13-17-9-5-4-8-16(17)12-20-19(21)15(2)24-14-18-10-6-7-11-23-18/h4-5,8-9,15,18H,3,6-7,10-14H2,1-2H3,(H,20,21). The number of amides is 1. The molecule has 0 aliphatic carbocycles. The van der Waals surface area contributed by atoms with Crippen molar-refractivity contribution in [3.63, 3.8) is 0 Å². The fraction of sp³-hybridized carbons (Fsp3) is 0.632. The highest BCUT2D eigenvalue weighted by atomic mass is 16.5. The Morgan fingerprint density at radius 2 is 2.12 bits per heavy atom. The Hall–Kier alpha value is -1.43. The fourth-order valence-electron chi connectivity index (χ4n) is 2.68. The number of rotatable bonds is 9. The van der Waals surface area contributed by atoms with Crippen molar-refractivity contribution in [1.82, 2.24) is 5.32 Å². The molecule has 1 aliphatic rings. The van der Waals surface area contributed by atoms with Crippen molar-refractivity contribution in [3.8, 4) is 0 Å². The number of nitrogens with one attached hydrogen (secondary N) is 1. The molecule has 2 atom stereocenters. The molecule has 5 heteroatoms. The molecule has 0 radical (unpaired) electrons. The average molecular weight is 335 g/mol. The Kier molecular flexibility index (Phi) is 8.22. The summed E-state index contributed by atoms with van der Waals surface area (Å²) >= 11 is 0. The van der Waals surface area contributed by atoms with E-state index in [1.165, 1.54) is 6.42 Å². The zero-order valence-corrected chi connectivity index (χ0v) is 14.8. The van der Waals surface area contributed by atoms with Crippen LogP contribution in [-0.2, 0) is 32.2 Å². The minimum atomic E-state index is -0.477. The van der Waals surface area contributed by atoms with Crippen LogP contribution in [0.15, 0.2) is 24.3 Å². The summed E-state index contributed by atoms with van der Waals surface area (Å²) in [5.41, 5.74) is 2.17. The lowest BCUT2D eigenvalue weighted by molar-refractivity contribution is -0.135. The van der Waals surface area contributed by atoms with Crippen molar-refractivity contribution in [2.75, 3.05) is 19.8 Å². The molecule has 1 saturated heterocycles. The number of ether oxygens (including phenoxy) is 3. The van der Waals surface area contributed by atoms with Gasteiger partial charge in [-0.15, -0.1) is 0 Å². The van der Waals surface area contributed by atoms with Crippen molar-refractivity contribution in [2.24, 2.45) is 0 Å². The van der Waals surface area contributed by atoms with Crippen LogP contribution in [0, 0.1) is 0 Å². The van der Waals surface area contributed by atoms with E-state index in [0.717, 1.165) is 30.6 Å². The molecule has 1 N–H and O–H groups in total. The normalized spacial score (nSPS) is 19.0. The van der Waals surface area contributed by atoms with Crippen LogP contribution in [0.5, 0.6) is 0 Å². The molecule has 2 unspecified atom stereocenters. The van der Waals surface area contributed by atoms with E-state index in [-0.39, 0.29) is 12.0 Å². The molecule has 134 valence electrons. The lowest BCUT2D eigenvalue weighted by Crippen LogP contribution is -2.36. The number of hydrogen-bond donors (Lipinski definition) is 1. The molecule has 1 fully saturated rings. The molecule has 1 amide bonds. The van der Waals surface area contributed by atoms with Crippen molar-refractivity contribution >= 4 is 5.91 Å². The topological polar surface area (TPSA) is 56.8 Å². The second-order valence-electron chi connectivity index (χ2n) is 6.09. The molecule has 0 bridgehead atoms. The minimum absolute atomic E-state index is 0.1000. The summed E-state index contributed by atoms with van der Waals surface area (Å²) < 4.78 is 16.8. The first-order valence-corrected chi connectivity index (χ1v) is 8.86. The third-order valence-electron chi connectivity index (χ3n) is 4.21. The summed E-state index contributed by atoms with van der Waals surface area (Å²) in [6.45, 7) is 6.75. The van der Waals surface area contributed by atoms with Gasteiger partial charge < -0.3 is 19.5 Å². The summed E-state index contributed by atoms with van der Waals surface area (Å²) in [6, 6.07) is 7.99. The van der Waals surface area contributed by atoms with Gasteiger partial charge in [-0.25, -0.2) is 0 Å². The van der Waals surface area contributed by atoms with E-state index in [1.54, 1.807) is 6.92 Å². The maximum absolute atomic E-state index is 12.2. The summed E-state index contributed by atoms with van der Waals surface area (Å²) in [7, 11) is 0. The minimum Gasteiger partial charge on any atom is -0.377 e. The first-order valence-electron chi connectivity index (χ1n) is 8.86. The Labute approximate surface area is 144 Å². The van der Waals surface area contributed by atoms with Gasteiger partial charge in [0.2, 0.25) is 5.91 Å². The van der Waals surface area contributed by atoms with Crippen molar-refractivity contribution in [1.29, 1.82) is 0 Å². The number of benzene rings is 1. The van der Waals surface area contributed by atoms with Crippen LogP contribution in [0.3, 0.4) is 0 Å². The van der Waals surface area contributed by atoms with E-state index in [2.05, 4.69) is 5.32 Å². The number of carbonyl (C=O) groups excluding carboxylic acids is 1. The van der Waals surface area contributed by atoms with Gasteiger partial charge in [0, 0.05) is 19.8 Å². The van der Waals surface area contributed by atoms with E-state index in [9.17, 15) is 4.79 Å². The largest absolute Gasteiger partial charge is 0.377 e. The third kappa shape index (κ3) is 6.23. The molecular formula is C19H29NO4. The Bertz CT molecular complexity index is 500. The maximum Gasteiger partial charge on any atom is 0.249 e. The van der Waals surface area contributed by atoms with Crippen LogP contribution in [0.1, 0.15) is 44.2 Å². The Morgan fingerprint density at radius 1 is 1.33 bits per heavy atom. The second kappa shape index (κ2) is 10.4. The van der Waals surface area contributed by atoms with Gasteiger partial charge in [0.1, 0.15) is 6.10 Å². The SMILES string of the molecule is CCOCc1ccccc1CNC(=O)C(C)OCC1CCCCO1. The van der Waals surface area contributed by atoms with Gasteiger partial charge >= 0.3 is 0 Å². The predicted octanol–water partition coefficient (Wildman–Crippen LogP) is 2.81. The smallest absolute Gasteiger partial charge is 0.249 e. The quantitative estimate of drug-likeness (QED) is 0.754. The van der Waals surface area contributed by atoms with Crippen LogP contribution in [0.2, 0.25) is 0 Å². The maximum atomic E-state index is 12.2. The Balaban J connectivity index is 1.75. The zero-order chi connectivity index (χ0) is 17.2. The Morgan fingerprint density at radius 3 is 2.83 bits per heavy atom. The third-order valence-corrected chi connectivity index (χ3v) is 4.21. The van der Waals surface area contributed by atoms with Crippen LogP contribution >= 0.6 is 0 Å². The van der Waals surface area contributed by atoms with Crippen molar-refractivity contribution in [2.45, 2.75) is 58.5 Å². The van der Waals surface area contributed by atoms with Crippen LogP contribution in [0.4, 0.5) is 0 Å². The highest BCUT2D eigenvalue weighted by Gasteiger charge is 2.18. The van der Waals surface area contributed by atoms with Gasteiger partial charge in [0.25, 0.3) is 0 Å². The van der Waals surface area contributed by atoms with Crippen molar-refractivity contribution in [3.05, 3.63) is 35.4 Å². The summed E-state index contributed by atoms with van der Waals surface area (Å²) in [4.78, 5) is 12.2. The highest BCUT2D eigenvalue weighted by Crippen LogP contribution is 2.14.